The van der Waals surface area contributed by atoms with E-state index in [2.05, 4.69) is 16.4 Å². The second-order valence-electron chi connectivity index (χ2n) is 11.1. The predicted octanol–water partition coefficient (Wildman–Crippen LogP) is 6.69. The van der Waals surface area contributed by atoms with Crippen LogP contribution in [0.15, 0.2) is 111 Å². The van der Waals surface area contributed by atoms with Gasteiger partial charge in [0.2, 0.25) is 0 Å². The summed E-state index contributed by atoms with van der Waals surface area (Å²) < 4.78 is 34.5. The number of aryl methyl sites for hydroxylation is 1. The van der Waals surface area contributed by atoms with E-state index >= 15 is 0 Å². The van der Waals surface area contributed by atoms with E-state index in [0.29, 0.717) is 43.2 Å². The quantitative estimate of drug-likeness (QED) is 0.173. The number of allylic oxidation sites excluding steroid dienone is 1. The molecule has 0 saturated heterocycles. The number of fused-ring (bicyclic) bond motifs is 1. The Hall–Kier alpha value is -5.38. The monoisotopic (exact) mass is 693 g/mol. The van der Waals surface area contributed by atoms with E-state index in [-0.39, 0.29) is 33.5 Å². The number of nitrogens with one attached hydrogen (secondary N) is 1. The molecule has 2 aromatic heterocycles. The van der Waals surface area contributed by atoms with Crippen molar-refractivity contribution in [3.63, 3.8) is 0 Å². The Bertz CT molecular complexity index is 2310. The van der Waals surface area contributed by atoms with Crippen LogP contribution >= 0.6 is 23.1 Å². The zero-order chi connectivity index (χ0) is 34.7. The summed E-state index contributed by atoms with van der Waals surface area (Å²) in [4.78, 5) is 37.1. The van der Waals surface area contributed by atoms with Crippen molar-refractivity contribution in [1.82, 2.24) is 9.55 Å². The van der Waals surface area contributed by atoms with Crippen molar-refractivity contribution in [2.45, 2.75) is 37.1 Å². The molecule has 0 spiro atoms. The van der Waals surface area contributed by atoms with Gasteiger partial charge in [-0.2, -0.15) is 5.26 Å². The van der Waals surface area contributed by atoms with E-state index in [1.807, 2.05) is 60.7 Å². The summed E-state index contributed by atoms with van der Waals surface area (Å²) >= 11 is 2.38. The minimum absolute atomic E-state index is 0.210. The molecule has 1 amide bonds. The number of para-hydroxylation sites is 1. The summed E-state index contributed by atoms with van der Waals surface area (Å²) in [6, 6.07) is 26.5. The number of nitriles is 1. The number of pyridine rings is 1. The van der Waals surface area contributed by atoms with Gasteiger partial charge in [0.1, 0.15) is 22.5 Å². The van der Waals surface area contributed by atoms with E-state index in [1.54, 1.807) is 42.7 Å². The number of halogens is 2. The Balaban J connectivity index is 1.38. The van der Waals surface area contributed by atoms with Crippen LogP contribution in [0.1, 0.15) is 52.9 Å². The van der Waals surface area contributed by atoms with Crippen molar-refractivity contribution < 1.29 is 18.3 Å². The molecule has 0 saturated carbocycles. The number of thiazole rings is 1. The van der Waals surface area contributed by atoms with Crippen LogP contribution in [0.3, 0.4) is 0 Å². The Kier molecular flexibility index (Phi) is 9.85. The third-order valence-electron chi connectivity index (χ3n) is 7.92. The first kappa shape index (κ1) is 33.5. The number of hydrogen-bond acceptors (Lipinski definition) is 8. The van der Waals surface area contributed by atoms with Gasteiger partial charge in [0, 0.05) is 17.0 Å². The van der Waals surface area contributed by atoms with Gasteiger partial charge in [0.15, 0.2) is 4.80 Å². The number of carbonyl (C=O) groups is 1. The molecule has 1 N–H and O–H groups in total. The van der Waals surface area contributed by atoms with Crippen LogP contribution in [0.5, 0.6) is 5.75 Å². The molecule has 5 aromatic rings. The Morgan fingerprint density at radius 1 is 1.10 bits per heavy atom. The molecule has 12 heteroatoms. The van der Waals surface area contributed by atoms with Crippen LogP contribution in [-0.4, -0.2) is 22.6 Å². The predicted molar refractivity (Wildman–Crippen MR) is 186 cm³/mol. The molecular weight excluding hydrogens is 665 g/mol. The molecule has 6 rings (SSSR count). The largest absolute Gasteiger partial charge is 0.496 e. The van der Waals surface area contributed by atoms with Crippen molar-refractivity contribution in [3.8, 4) is 11.8 Å². The fourth-order valence-corrected chi connectivity index (χ4v) is 7.69. The van der Waals surface area contributed by atoms with Gasteiger partial charge in [-0.3, -0.25) is 14.2 Å². The molecule has 0 radical (unpaired) electrons. The summed E-state index contributed by atoms with van der Waals surface area (Å²) in [6.45, 7) is 3.38. The lowest BCUT2D eigenvalue weighted by atomic mass is 9.95. The first-order chi connectivity index (χ1) is 23.7. The van der Waals surface area contributed by atoms with Crippen LogP contribution in [0.4, 0.5) is 14.5 Å². The third-order valence-corrected chi connectivity index (χ3v) is 9.93. The molecular formula is C37H29F2N5O3S2. The SMILES string of the molecule is COc1ccc(/C=c2\sc3n(c2=O)C(c2ccccc2)C(C(=O)Nc2ccccc2)=C(C)N=3)cc1CSc1nc(C(F)F)cc(C)c1C#N. The van der Waals surface area contributed by atoms with Crippen molar-refractivity contribution in [3.05, 3.63) is 149 Å². The zero-order valence-electron chi connectivity index (χ0n) is 26.6. The highest BCUT2D eigenvalue weighted by Gasteiger charge is 2.32. The average Bonchev–Trinajstić information content (AvgIpc) is 3.40. The first-order valence-electron chi connectivity index (χ1n) is 15.1. The fourth-order valence-electron chi connectivity index (χ4n) is 5.60. The lowest BCUT2D eigenvalue weighted by Crippen LogP contribution is -2.40. The maximum atomic E-state index is 14.1. The molecule has 3 heterocycles. The topological polar surface area (TPSA) is 109 Å². The van der Waals surface area contributed by atoms with E-state index in [0.717, 1.165) is 22.9 Å². The third kappa shape index (κ3) is 6.95. The smallest absolute Gasteiger partial charge is 0.280 e. The van der Waals surface area contributed by atoms with E-state index in [9.17, 15) is 23.6 Å². The average molecular weight is 694 g/mol. The standard InChI is InChI=1S/C37H29F2N5O3S2/c1-21-16-28(33(38)39)43-35(27(21)19-40)48-20-25-17-23(14-15-29(25)47-3)18-30-36(46)44-32(24-10-6-4-7-11-24)31(22(2)41-37(44)49-30)34(45)42-26-12-8-5-9-13-26/h4-18,32-33H,20H2,1-3H3,(H,42,45)/b30-18-. The molecule has 1 aliphatic rings. The number of anilines is 1. The number of aromatic nitrogens is 2. The number of thioether (sulfide) groups is 1. The summed E-state index contributed by atoms with van der Waals surface area (Å²) in [7, 11) is 1.53. The van der Waals surface area contributed by atoms with Crippen LogP contribution in [0.2, 0.25) is 0 Å². The Morgan fingerprint density at radius 2 is 1.82 bits per heavy atom. The van der Waals surface area contributed by atoms with Gasteiger partial charge >= 0.3 is 0 Å². The zero-order valence-corrected chi connectivity index (χ0v) is 28.2. The van der Waals surface area contributed by atoms with E-state index in [1.165, 1.54) is 24.5 Å². The lowest BCUT2D eigenvalue weighted by Gasteiger charge is -2.25. The molecule has 8 nitrogen and oxygen atoms in total. The maximum absolute atomic E-state index is 14.1. The molecule has 1 atom stereocenters. The van der Waals surface area contributed by atoms with E-state index in [4.69, 9.17) is 9.73 Å². The Morgan fingerprint density at radius 3 is 2.49 bits per heavy atom. The fraction of sp³-hybridized carbons (Fsp3) is 0.162. The van der Waals surface area contributed by atoms with Gasteiger partial charge in [0.05, 0.1) is 34.5 Å². The lowest BCUT2D eigenvalue weighted by molar-refractivity contribution is -0.113. The van der Waals surface area contributed by atoms with Crippen LogP contribution in [-0.2, 0) is 10.5 Å². The van der Waals surface area contributed by atoms with Gasteiger partial charge in [0.25, 0.3) is 17.9 Å². The van der Waals surface area contributed by atoms with E-state index < -0.39 is 12.5 Å². The minimum atomic E-state index is -2.77. The highest BCUT2D eigenvalue weighted by atomic mass is 32.2. The molecule has 246 valence electrons. The number of carbonyl (C=O) groups excluding carboxylic acids is 1. The minimum Gasteiger partial charge on any atom is -0.496 e. The molecule has 3 aromatic carbocycles. The molecule has 1 aliphatic heterocycles. The number of hydrogen-bond donors (Lipinski definition) is 1. The first-order valence-corrected chi connectivity index (χ1v) is 16.9. The van der Waals surface area contributed by atoms with Crippen molar-refractivity contribution in [2.75, 3.05) is 12.4 Å². The molecule has 0 bridgehead atoms. The van der Waals surface area contributed by atoms with Crippen LogP contribution in [0.25, 0.3) is 6.08 Å². The number of benzene rings is 3. The number of alkyl halides is 2. The van der Waals surface area contributed by atoms with Gasteiger partial charge in [-0.25, -0.2) is 18.8 Å². The highest BCUT2D eigenvalue weighted by molar-refractivity contribution is 7.98. The Labute approximate surface area is 288 Å². The van der Waals surface area contributed by atoms with Gasteiger partial charge < -0.3 is 10.1 Å². The number of ether oxygens (including phenoxy) is 1. The van der Waals surface area contributed by atoms with Crippen molar-refractivity contribution >= 4 is 40.8 Å². The summed E-state index contributed by atoms with van der Waals surface area (Å²) in [5, 5.41) is 12.8. The number of rotatable bonds is 9. The number of amides is 1. The van der Waals surface area contributed by atoms with Gasteiger partial charge in [-0.1, -0.05) is 65.9 Å². The van der Waals surface area contributed by atoms with Gasteiger partial charge in [-0.15, -0.1) is 11.8 Å². The summed E-state index contributed by atoms with van der Waals surface area (Å²) in [6.07, 6.45) is -1.01. The maximum Gasteiger partial charge on any atom is 0.280 e. The van der Waals surface area contributed by atoms with Gasteiger partial charge in [-0.05, 0) is 66.9 Å². The van der Waals surface area contributed by atoms with Crippen LogP contribution < -0.4 is 24.9 Å². The highest BCUT2D eigenvalue weighted by Crippen LogP contribution is 2.33. The summed E-state index contributed by atoms with van der Waals surface area (Å²) in [5.41, 5.74) is 3.67. The second kappa shape index (κ2) is 14.4. The van der Waals surface area contributed by atoms with Crippen molar-refractivity contribution in [1.29, 1.82) is 5.26 Å². The molecule has 49 heavy (non-hydrogen) atoms. The molecule has 1 unspecified atom stereocenters. The number of nitrogens with zero attached hydrogens (tertiary/aromatic N) is 4. The van der Waals surface area contributed by atoms with Crippen LogP contribution in [0, 0.1) is 18.3 Å². The number of methoxy groups -OCH3 is 1. The molecule has 0 aliphatic carbocycles. The normalized spacial score (nSPS) is 14.3. The van der Waals surface area contributed by atoms with Crippen molar-refractivity contribution in [2.24, 2.45) is 4.99 Å². The molecule has 0 fully saturated rings. The summed E-state index contributed by atoms with van der Waals surface area (Å²) in [5.74, 6) is 0.476. The second-order valence-corrected chi connectivity index (χ2v) is 13.1.